The molecule has 0 aliphatic heterocycles. The van der Waals surface area contributed by atoms with Crippen molar-refractivity contribution in [2.75, 3.05) is 6.54 Å². The second-order valence-electron chi connectivity index (χ2n) is 3.08. The quantitative estimate of drug-likeness (QED) is 0.606. The van der Waals surface area contributed by atoms with Crippen LogP contribution in [0.25, 0.3) is 0 Å². The molecule has 0 unspecified atom stereocenters. The number of nitrogens with one attached hydrogen (secondary N) is 1. The van der Waals surface area contributed by atoms with Gasteiger partial charge in [-0.15, -0.1) is 0 Å². The molecule has 1 amide bonds. The number of pyridine rings is 1. The smallest absolute Gasteiger partial charge is 0.337 e. The van der Waals surface area contributed by atoms with Gasteiger partial charge in [0.25, 0.3) is 0 Å². The number of hydrogen-bond acceptors (Lipinski definition) is 3. The van der Waals surface area contributed by atoms with E-state index in [1.165, 1.54) is 13.0 Å². The van der Waals surface area contributed by atoms with Crippen molar-refractivity contribution >= 4 is 23.5 Å². The Morgan fingerprint density at radius 2 is 2.29 bits per heavy atom. The van der Waals surface area contributed by atoms with E-state index in [0.29, 0.717) is 5.56 Å². The molecule has 0 saturated heterocycles. The van der Waals surface area contributed by atoms with E-state index in [2.05, 4.69) is 22.1 Å². The van der Waals surface area contributed by atoms with E-state index in [4.69, 9.17) is 16.7 Å². The fraction of sp³-hybridized carbons (Fsp3) is 0.182. The summed E-state index contributed by atoms with van der Waals surface area (Å²) in [6.45, 7) is 1.55. The molecule has 1 heterocycles. The molecule has 0 radical (unpaired) electrons. The number of rotatable bonds is 2. The Labute approximate surface area is 103 Å². The summed E-state index contributed by atoms with van der Waals surface area (Å²) in [6, 6.07) is 1.33. The first kappa shape index (κ1) is 13.0. The zero-order valence-corrected chi connectivity index (χ0v) is 9.71. The molecular formula is C11H9ClN2O3. The highest BCUT2D eigenvalue weighted by atomic mass is 35.5. The lowest BCUT2D eigenvalue weighted by atomic mass is 10.2. The molecule has 6 heteroatoms. The van der Waals surface area contributed by atoms with Crippen molar-refractivity contribution < 1.29 is 14.7 Å². The second kappa shape index (κ2) is 5.87. The summed E-state index contributed by atoms with van der Waals surface area (Å²) in [4.78, 5) is 25.0. The van der Waals surface area contributed by atoms with Gasteiger partial charge in [0.05, 0.1) is 17.7 Å². The Morgan fingerprint density at radius 3 is 2.88 bits per heavy atom. The normalized spacial score (nSPS) is 9.06. The third-order valence-corrected chi connectivity index (χ3v) is 2.04. The van der Waals surface area contributed by atoms with Gasteiger partial charge in [-0.25, -0.2) is 9.78 Å². The first-order valence-electron chi connectivity index (χ1n) is 4.63. The maximum atomic E-state index is 10.7. The molecule has 17 heavy (non-hydrogen) atoms. The molecule has 0 aromatic carbocycles. The van der Waals surface area contributed by atoms with Crippen molar-refractivity contribution in [1.29, 1.82) is 0 Å². The summed E-state index contributed by atoms with van der Waals surface area (Å²) in [5.41, 5.74) is 0.329. The maximum absolute atomic E-state index is 10.7. The number of carboxylic acid groups (broad SMARTS) is 1. The number of halogens is 1. The van der Waals surface area contributed by atoms with E-state index >= 15 is 0 Å². The Hall–Kier alpha value is -2.06. The van der Waals surface area contributed by atoms with E-state index in [1.54, 1.807) is 0 Å². The highest BCUT2D eigenvalue weighted by Crippen LogP contribution is 2.12. The van der Waals surface area contributed by atoms with Gasteiger partial charge >= 0.3 is 5.97 Å². The summed E-state index contributed by atoms with van der Waals surface area (Å²) < 4.78 is 0. The lowest BCUT2D eigenvalue weighted by molar-refractivity contribution is -0.118. The first-order chi connectivity index (χ1) is 8.00. The van der Waals surface area contributed by atoms with Crippen LogP contribution in [0.5, 0.6) is 0 Å². The molecule has 0 spiro atoms. The van der Waals surface area contributed by atoms with Gasteiger partial charge in [-0.3, -0.25) is 4.79 Å². The number of carbonyl (C=O) groups excluding carboxylic acids is 1. The number of carbonyl (C=O) groups is 2. The van der Waals surface area contributed by atoms with Crippen molar-refractivity contribution in [2.45, 2.75) is 6.92 Å². The SMILES string of the molecule is CC(=O)NCC#Cc1cc(C(=O)O)cnc1Cl. The summed E-state index contributed by atoms with van der Waals surface area (Å²) in [5.74, 6) is 3.99. The van der Waals surface area contributed by atoms with Crippen LogP contribution in [0.15, 0.2) is 12.3 Å². The average Bonchev–Trinajstić information content (AvgIpc) is 2.25. The molecule has 0 atom stereocenters. The van der Waals surface area contributed by atoms with Crippen LogP contribution in [0.3, 0.4) is 0 Å². The number of amides is 1. The van der Waals surface area contributed by atoms with Gasteiger partial charge in [0.15, 0.2) is 0 Å². The van der Waals surface area contributed by atoms with Crippen molar-refractivity contribution in [2.24, 2.45) is 0 Å². The molecule has 1 rings (SSSR count). The Bertz CT molecular complexity index is 517. The minimum absolute atomic E-state index is 0.0122. The lowest BCUT2D eigenvalue weighted by Crippen LogP contribution is -2.19. The summed E-state index contributed by atoms with van der Waals surface area (Å²) >= 11 is 5.75. The fourth-order valence-corrected chi connectivity index (χ4v) is 1.11. The predicted octanol–water partition coefficient (Wildman–Crippen LogP) is 0.921. The molecular weight excluding hydrogens is 244 g/mol. The monoisotopic (exact) mass is 252 g/mol. The number of hydrogen-bond donors (Lipinski definition) is 2. The minimum atomic E-state index is -1.10. The molecule has 0 fully saturated rings. The average molecular weight is 253 g/mol. The highest BCUT2D eigenvalue weighted by molar-refractivity contribution is 6.30. The number of carboxylic acids is 1. The summed E-state index contributed by atoms with van der Waals surface area (Å²) in [6.07, 6.45) is 1.16. The van der Waals surface area contributed by atoms with Crippen molar-refractivity contribution in [3.05, 3.63) is 28.5 Å². The Morgan fingerprint density at radius 1 is 1.59 bits per heavy atom. The molecule has 1 aromatic rings. The maximum Gasteiger partial charge on any atom is 0.337 e. The topological polar surface area (TPSA) is 79.3 Å². The van der Waals surface area contributed by atoms with Gasteiger partial charge < -0.3 is 10.4 Å². The Balaban J connectivity index is 2.86. The fourth-order valence-electron chi connectivity index (χ4n) is 0.961. The standard InChI is InChI=1S/C11H9ClN2O3/c1-7(15)13-4-2-3-8-5-9(11(16)17)6-14-10(8)12/h5-6H,4H2,1H3,(H,13,15)(H,16,17). The first-order valence-corrected chi connectivity index (χ1v) is 5.00. The number of aromatic nitrogens is 1. The summed E-state index contributed by atoms with van der Waals surface area (Å²) in [5, 5.41) is 11.4. The largest absolute Gasteiger partial charge is 0.478 e. The zero-order valence-electron chi connectivity index (χ0n) is 8.95. The second-order valence-corrected chi connectivity index (χ2v) is 3.44. The number of nitrogens with zero attached hydrogens (tertiary/aromatic N) is 1. The van der Waals surface area contributed by atoms with Crippen molar-refractivity contribution in [3.8, 4) is 11.8 Å². The molecule has 0 aliphatic rings. The van der Waals surface area contributed by atoms with E-state index in [0.717, 1.165) is 6.20 Å². The highest BCUT2D eigenvalue weighted by Gasteiger charge is 2.06. The zero-order chi connectivity index (χ0) is 12.8. The van der Waals surface area contributed by atoms with Crippen LogP contribution in [-0.4, -0.2) is 28.5 Å². The van der Waals surface area contributed by atoms with E-state index in [-0.39, 0.29) is 23.2 Å². The van der Waals surface area contributed by atoms with Crippen LogP contribution >= 0.6 is 11.6 Å². The third-order valence-electron chi connectivity index (χ3n) is 1.73. The third kappa shape index (κ3) is 4.13. The number of aromatic carboxylic acids is 1. The van der Waals surface area contributed by atoms with Gasteiger partial charge in [-0.05, 0) is 6.07 Å². The van der Waals surface area contributed by atoms with Crippen LogP contribution < -0.4 is 5.32 Å². The van der Waals surface area contributed by atoms with Crippen LogP contribution in [0.4, 0.5) is 0 Å². The van der Waals surface area contributed by atoms with Crippen LogP contribution in [0, 0.1) is 11.8 Å². The van der Waals surface area contributed by atoms with Gasteiger partial charge in [0.1, 0.15) is 5.15 Å². The lowest BCUT2D eigenvalue weighted by Gasteiger charge is -1.97. The van der Waals surface area contributed by atoms with Gasteiger partial charge in [-0.1, -0.05) is 23.4 Å². The molecule has 5 nitrogen and oxygen atoms in total. The van der Waals surface area contributed by atoms with Crippen LogP contribution in [0.1, 0.15) is 22.8 Å². The van der Waals surface area contributed by atoms with Gasteiger partial charge in [0.2, 0.25) is 5.91 Å². The van der Waals surface area contributed by atoms with Gasteiger partial charge in [-0.2, -0.15) is 0 Å². The van der Waals surface area contributed by atoms with Crippen LogP contribution in [0.2, 0.25) is 5.15 Å². The predicted molar refractivity (Wildman–Crippen MR) is 61.8 cm³/mol. The minimum Gasteiger partial charge on any atom is -0.478 e. The molecule has 2 N–H and O–H groups in total. The van der Waals surface area contributed by atoms with Crippen molar-refractivity contribution in [1.82, 2.24) is 10.3 Å². The molecule has 0 bridgehead atoms. The summed E-state index contributed by atoms with van der Waals surface area (Å²) in [7, 11) is 0. The van der Waals surface area contributed by atoms with Crippen molar-refractivity contribution in [3.63, 3.8) is 0 Å². The van der Waals surface area contributed by atoms with Crippen LogP contribution in [-0.2, 0) is 4.79 Å². The van der Waals surface area contributed by atoms with E-state index in [1.807, 2.05) is 0 Å². The van der Waals surface area contributed by atoms with E-state index in [9.17, 15) is 9.59 Å². The molecule has 0 aliphatic carbocycles. The van der Waals surface area contributed by atoms with Gasteiger partial charge in [0, 0.05) is 13.1 Å². The molecule has 1 aromatic heterocycles. The molecule has 88 valence electrons. The van der Waals surface area contributed by atoms with E-state index < -0.39 is 5.97 Å². The molecule has 0 saturated carbocycles. The Kier molecular flexibility index (Phi) is 4.49.